The summed E-state index contributed by atoms with van der Waals surface area (Å²) < 4.78 is 0. The second-order valence-electron chi connectivity index (χ2n) is 4.04. The van der Waals surface area contributed by atoms with Crippen LogP contribution in [0.3, 0.4) is 0 Å². The van der Waals surface area contributed by atoms with E-state index in [1.807, 2.05) is 30.5 Å². The van der Waals surface area contributed by atoms with E-state index < -0.39 is 5.97 Å². The van der Waals surface area contributed by atoms with Crippen LogP contribution < -0.4 is 0 Å². The predicted molar refractivity (Wildman–Crippen MR) is 70.7 cm³/mol. The van der Waals surface area contributed by atoms with Crippen LogP contribution in [0.2, 0.25) is 0 Å². The lowest BCUT2D eigenvalue weighted by molar-refractivity contribution is -0.137. The fraction of sp³-hybridized carbons (Fsp3) is 0.308. The second kappa shape index (κ2) is 5.73. The average Bonchev–Trinajstić information content (AvgIpc) is 2.81. The van der Waals surface area contributed by atoms with Gasteiger partial charge in [-0.05, 0) is 30.9 Å². The number of hydrogen-bond acceptors (Lipinski definition) is 4. The van der Waals surface area contributed by atoms with Gasteiger partial charge < -0.3 is 5.11 Å². The van der Waals surface area contributed by atoms with Crippen LogP contribution >= 0.6 is 11.3 Å². The average molecular weight is 262 g/mol. The smallest absolute Gasteiger partial charge is 0.303 e. The maximum absolute atomic E-state index is 10.5. The summed E-state index contributed by atoms with van der Waals surface area (Å²) in [6.07, 6.45) is 1.33. The lowest BCUT2D eigenvalue weighted by Gasteiger charge is -2.04. The van der Waals surface area contributed by atoms with Crippen molar-refractivity contribution < 1.29 is 9.90 Å². The van der Waals surface area contributed by atoms with E-state index in [4.69, 9.17) is 5.11 Å². The van der Waals surface area contributed by atoms with E-state index in [1.54, 1.807) is 11.3 Å². The normalized spacial score (nSPS) is 10.5. The van der Waals surface area contributed by atoms with E-state index in [9.17, 15) is 4.79 Å². The highest BCUT2D eigenvalue weighted by atomic mass is 32.1. The molecule has 0 bridgehead atoms. The first-order chi connectivity index (χ1) is 8.65. The third-order valence-electron chi connectivity index (χ3n) is 2.47. The first kappa shape index (κ1) is 12.7. The number of carboxylic acid groups (broad SMARTS) is 1. The maximum Gasteiger partial charge on any atom is 0.303 e. The zero-order valence-electron chi connectivity index (χ0n) is 10.1. The molecule has 4 nitrogen and oxygen atoms in total. The fourth-order valence-electron chi connectivity index (χ4n) is 1.69. The Morgan fingerprint density at radius 1 is 1.44 bits per heavy atom. The number of aromatic nitrogens is 2. The molecule has 0 fully saturated rings. The quantitative estimate of drug-likeness (QED) is 0.899. The monoisotopic (exact) mass is 262 g/mol. The van der Waals surface area contributed by atoms with Crippen LogP contribution in [0.15, 0.2) is 23.6 Å². The van der Waals surface area contributed by atoms with Crippen molar-refractivity contribution in [3.05, 3.63) is 35.1 Å². The van der Waals surface area contributed by atoms with Gasteiger partial charge in [0.05, 0.1) is 10.6 Å². The Kier molecular flexibility index (Phi) is 4.04. The van der Waals surface area contributed by atoms with Gasteiger partial charge in [-0.3, -0.25) is 4.79 Å². The zero-order chi connectivity index (χ0) is 13.0. The minimum Gasteiger partial charge on any atom is -0.481 e. The van der Waals surface area contributed by atoms with Gasteiger partial charge in [-0.15, -0.1) is 11.3 Å². The van der Waals surface area contributed by atoms with Crippen molar-refractivity contribution in [2.24, 2.45) is 0 Å². The summed E-state index contributed by atoms with van der Waals surface area (Å²) in [4.78, 5) is 20.4. The van der Waals surface area contributed by atoms with Gasteiger partial charge in [-0.1, -0.05) is 6.07 Å². The van der Waals surface area contributed by atoms with Crippen molar-refractivity contribution in [2.45, 2.75) is 26.2 Å². The van der Waals surface area contributed by atoms with Gasteiger partial charge in [0.2, 0.25) is 0 Å². The molecule has 2 aromatic heterocycles. The van der Waals surface area contributed by atoms with Crippen LogP contribution in [-0.4, -0.2) is 21.0 Å². The highest BCUT2D eigenvalue weighted by molar-refractivity contribution is 7.13. The molecule has 0 atom stereocenters. The predicted octanol–water partition coefficient (Wildman–Crippen LogP) is 2.92. The van der Waals surface area contributed by atoms with Crippen LogP contribution in [0.4, 0.5) is 0 Å². The van der Waals surface area contributed by atoms with Crippen molar-refractivity contribution >= 4 is 17.3 Å². The molecule has 18 heavy (non-hydrogen) atoms. The Morgan fingerprint density at radius 3 is 2.94 bits per heavy atom. The Morgan fingerprint density at radius 2 is 2.28 bits per heavy atom. The molecule has 0 radical (unpaired) electrons. The van der Waals surface area contributed by atoms with E-state index in [0.717, 1.165) is 22.1 Å². The van der Waals surface area contributed by atoms with Gasteiger partial charge in [-0.25, -0.2) is 9.97 Å². The minimum absolute atomic E-state index is 0.158. The maximum atomic E-state index is 10.5. The van der Waals surface area contributed by atoms with Crippen molar-refractivity contribution in [3.63, 3.8) is 0 Å². The Hall–Kier alpha value is -1.75. The summed E-state index contributed by atoms with van der Waals surface area (Å²) in [6, 6.07) is 5.96. The van der Waals surface area contributed by atoms with Crippen molar-refractivity contribution in [1.82, 2.24) is 9.97 Å². The number of carboxylic acids is 1. The molecule has 0 aromatic carbocycles. The molecule has 2 heterocycles. The lowest BCUT2D eigenvalue weighted by atomic mass is 10.2. The topological polar surface area (TPSA) is 63.1 Å². The molecule has 0 unspecified atom stereocenters. The minimum atomic E-state index is -0.777. The number of carbonyl (C=O) groups is 1. The number of thiophene rings is 1. The van der Waals surface area contributed by atoms with Gasteiger partial charge in [0.1, 0.15) is 5.82 Å². The van der Waals surface area contributed by atoms with E-state index in [-0.39, 0.29) is 6.42 Å². The number of rotatable bonds is 5. The highest BCUT2D eigenvalue weighted by Crippen LogP contribution is 2.23. The number of hydrogen-bond donors (Lipinski definition) is 1. The van der Waals surface area contributed by atoms with E-state index in [2.05, 4.69) is 9.97 Å². The molecule has 0 aliphatic rings. The molecule has 0 saturated heterocycles. The van der Waals surface area contributed by atoms with Crippen LogP contribution in [0, 0.1) is 6.92 Å². The molecule has 1 N–H and O–H groups in total. The molecule has 0 saturated carbocycles. The van der Waals surface area contributed by atoms with Gasteiger partial charge in [-0.2, -0.15) is 0 Å². The summed E-state index contributed by atoms with van der Waals surface area (Å²) in [6.45, 7) is 1.93. The largest absolute Gasteiger partial charge is 0.481 e. The van der Waals surface area contributed by atoms with Gasteiger partial charge in [0, 0.05) is 18.5 Å². The fourth-order valence-corrected chi connectivity index (χ4v) is 2.38. The molecule has 0 aliphatic heterocycles. The summed E-state index contributed by atoms with van der Waals surface area (Å²) in [7, 11) is 0. The van der Waals surface area contributed by atoms with Crippen molar-refractivity contribution in [1.29, 1.82) is 0 Å². The molecular formula is C13H14N2O2S. The van der Waals surface area contributed by atoms with Crippen LogP contribution in [0.1, 0.15) is 24.4 Å². The zero-order valence-corrected chi connectivity index (χ0v) is 10.9. The Balaban J connectivity index is 2.14. The van der Waals surface area contributed by atoms with Gasteiger partial charge >= 0.3 is 5.97 Å². The van der Waals surface area contributed by atoms with Crippen molar-refractivity contribution in [2.75, 3.05) is 0 Å². The molecule has 5 heteroatoms. The number of aliphatic carboxylic acids is 1. The molecule has 2 rings (SSSR count). The summed E-state index contributed by atoms with van der Waals surface area (Å²) >= 11 is 1.64. The molecule has 2 aromatic rings. The second-order valence-corrected chi connectivity index (χ2v) is 4.98. The number of nitrogens with zero attached hydrogens (tertiary/aromatic N) is 2. The Labute approximate surface area is 109 Å². The van der Waals surface area contributed by atoms with Gasteiger partial charge in [0.15, 0.2) is 0 Å². The standard InChI is InChI=1S/C13H14N2O2S/c1-9-8-10(11-4-3-7-18-11)15-12(14-9)5-2-6-13(16)17/h3-4,7-8H,2,5-6H2,1H3,(H,16,17). The van der Waals surface area contributed by atoms with Crippen LogP contribution in [0.25, 0.3) is 10.6 Å². The third kappa shape index (κ3) is 3.37. The van der Waals surface area contributed by atoms with Gasteiger partial charge in [0.25, 0.3) is 0 Å². The molecule has 0 amide bonds. The lowest BCUT2D eigenvalue weighted by Crippen LogP contribution is -2.01. The molecule has 0 spiro atoms. The summed E-state index contributed by atoms with van der Waals surface area (Å²) in [5.41, 5.74) is 1.83. The first-order valence-electron chi connectivity index (χ1n) is 5.75. The Bertz CT molecular complexity index is 538. The SMILES string of the molecule is Cc1cc(-c2cccs2)nc(CCCC(=O)O)n1. The number of aryl methyl sites for hydroxylation is 2. The van der Waals surface area contributed by atoms with Crippen molar-refractivity contribution in [3.8, 4) is 10.6 Å². The molecule has 0 aliphatic carbocycles. The summed E-state index contributed by atoms with van der Waals surface area (Å²) in [5.74, 6) is -0.0548. The van der Waals surface area contributed by atoms with E-state index >= 15 is 0 Å². The van der Waals surface area contributed by atoms with E-state index in [1.165, 1.54) is 0 Å². The van der Waals surface area contributed by atoms with Crippen LogP contribution in [-0.2, 0) is 11.2 Å². The molecule has 94 valence electrons. The summed E-state index contributed by atoms with van der Waals surface area (Å²) in [5, 5.41) is 10.6. The molecular weight excluding hydrogens is 248 g/mol. The highest BCUT2D eigenvalue weighted by Gasteiger charge is 2.06. The third-order valence-corrected chi connectivity index (χ3v) is 3.36. The first-order valence-corrected chi connectivity index (χ1v) is 6.63. The van der Waals surface area contributed by atoms with Crippen LogP contribution in [0.5, 0.6) is 0 Å². The van der Waals surface area contributed by atoms with E-state index in [0.29, 0.717) is 12.8 Å².